The average Bonchev–Trinajstić information content (AvgIpc) is 3.79. The van der Waals surface area contributed by atoms with Crippen LogP contribution in [0.15, 0.2) is 117 Å². The van der Waals surface area contributed by atoms with E-state index in [1.165, 1.54) is 69.1 Å². The molecule has 0 bridgehead atoms. The van der Waals surface area contributed by atoms with Crippen molar-refractivity contribution in [2.75, 3.05) is 0 Å². The lowest BCUT2D eigenvalue weighted by molar-refractivity contribution is 0.674. The highest BCUT2D eigenvalue weighted by Crippen LogP contribution is 2.43. The number of unbranched alkanes of at least 4 members (excludes halogenated alkanes) is 4. The molecule has 2 aliphatic rings. The summed E-state index contributed by atoms with van der Waals surface area (Å²) in [7, 11) is 0. The second-order valence-corrected chi connectivity index (χ2v) is 12.5. The van der Waals surface area contributed by atoms with Gasteiger partial charge in [0.15, 0.2) is 0 Å². The van der Waals surface area contributed by atoms with Gasteiger partial charge in [0.2, 0.25) is 0 Å². The fourth-order valence-electron chi connectivity index (χ4n) is 5.72. The molecule has 0 spiro atoms. The van der Waals surface area contributed by atoms with Gasteiger partial charge in [0.1, 0.15) is 11.4 Å². The molecule has 2 aromatic heterocycles. The van der Waals surface area contributed by atoms with Gasteiger partial charge in [-0.1, -0.05) is 85.6 Å². The van der Waals surface area contributed by atoms with Gasteiger partial charge in [-0.2, -0.15) is 0 Å². The summed E-state index contributed by atoms with van der Waals surface area (Å²) in [6.07, 6.45) is 11.5. The fourth-order valence-corrected chi connectivity index (χ4v) is 7.30. The molecule has 202 valence electrons. The Morgan fingerprint density at radius 2 is 0.850 bits per heavy atom. The summed E-state index contributed by atoms with van der Waals surface area (Å²) in [4.78, 5) is 13.3. The van der Waals surface area contributed by atoms with Gasteiger partial charge >= 0.3 is 0 Å². The predicted molar refractivity (Wildman–Crippen MR) is 175 cm³/mol. The van der Waals surface area contributed by atoms with E-state index in [4.69, 9.17) is 9.98 Å². The molecule has 0 aliphatic carbocycles. The Balaban J connectivity index is 1.15. The van der Waals surface area contributed by atoms with Crippen molar-refractivity contribution in [1.82, 2.24) is 0 Å². The van der Waals surface area contributed by atoms with Crippen LogP contribution in [-0.4, -0.2) is 11.4 Å². The van der Waals surface area contributed by atoms with Crippen LogP contribution in [0.4, 0.5) is 0 Å². The number of nitrogens with zero attached hydrogens (tertiary/aromatic N) is 2. The van der Waals surface area contributed by atoms with E-state index in [0.29, 0.717) is 0 Å². The van der Waals surface area contributed by atoms with E-state index in [9.17, 15) is 0 Å². The fraction of sp³-hybridized carbons (Fsp3) is 0.278. The van der Waals surface area contributed by atoms with Gasteiger partial charge in [-0.3, -0.25) is 0 Å². The second-order valence-electron chi connectivity index (χ2n) is 10.6. The monoisotopic (exact) mass is 560 g/mol. The van der Waals surface area contributed by atoms with Crippen LogP contribution in [0.3, 0.4) is 0 Å². The van der Waals surface area contributed by atoms with Gasteiger partial charge in [-0.15, -0.1) is 22.7 Å². The zero-order chi connectivity index (χ0) is 27.0. The average molecular weight is 561 g/mol. The summed E-state index contributed by atoms with van der Waals surface area (Å²) in [6.45, 7) is 0. The van der Waals surface area contributed by atoms with Crippen LogP contribution in [0.25, 0.3) is 11.1 Å². The van der Waals surface area contributed by atoms with Crippen LogP contribution in [0.5, 0.6) is 0 Å². The Morgan fingerprint density at radius 3 is 1.25 bits per heavy atom. The molecule has 40 heavy (non-hydrogen) atoms. The standard InChI is InChI=1S/C36H36N2S2/c1-5-15-27(16-6-1)19-9-3-11-21-29-33(31-23-13-25-39-31)35-36(37-29)34(32-24-14-26-40-32)30(38-35)22-12-4-10-20-28-17-7-2-8-18-28/h1-2,5-8,13-18,23-26H,3-4,9-12,19-22H2. The molecule has 2 aromatic carbocycles. The molecule has 0 radical (unpaired) electrons. The summed E-state index contributed by atoms with van der Waals surface area (Å²) in [5, 5.41) is 4.35. The number of benzene rings is 2. The number of thiophene rings is 2. The number of allylic oxidation sites excluding steroid dienone is 4. The minimum atomic E-state index is 1.01. The summed E-state index contributed by atoms with van der Waals surface area (Å²) < 4.78 is 0. The first-order valence-corrected chi connectivity index (χ1v) is 16.4. The predicted octanol–water partition coefficient (Wildman–Crippen LogP) is 10.4. The number of rotatable bonds is 14. The minimum absolute atomic E-state index is 1.01. The van der Waals surface area contributed by atoms with E-state index in [0.717, 1.165) is 49.9 Å². The summed E-state index contributed by atoms with van der Waals surface area (Å²) in [5.74, 6) is 0. The Bertz CT molecular complexity index is 1390. The molecular formula is C36H36N2S2. The summed E-state index contributed by atoms with van der Waals surface area (Å²) >= 11 is 3.62. The van der Waals surface area contributed by atoms with Crippen molar-refractivity contribution in [3.8, 4) is 0 Å². The van der Waals surface area contributed by atoms with Crippen LogP contribution in [0.2, 0.25) is 0 Å². The van der Waals surface area contributed by atoms with Crippen LogP contribution < -0.4 is 0 Å². The minimum Gasteiger partial charge on any atom is -0.250 e. The number of aryl methyl sites for hydroxylation is 2. The highest BCUT2D eigenvalue weighted by Gasteiger charge is 2.35. The SMILES string of the molecule is c1ccc(CCCCCC2=C(c3cccs3)C3=NC(CCCCCc4ccccc4)=C(c4cccs4)C3=N2)cc1. The van der Waals surface area contributed by atoms with E-state index >= 15 is 0 Å². The van der Waals surface area contributed by atoms with Gasteiger partial charge in [-0.05, 0) is 85.4 Å². The largest absolute Gasteiger partial charge is 0.250 e. The van der Waals surface area contributed by atoms with Crippen molar-refractivity contribution < 1.29 is 0 Å². The van der Waals surface area contributed by atoms with Gasteiger partial charge in [0, 0.05) is 20.9 Å². The highest BCUT2D eigenvalue weighted by molar-refractivity contribution is 7.13. The van der Waals surface area contributed by atoms with E-state index in [2.05, 4.69) is 95.7 Å². The van der Waals surface area contributed by atoms with Crippen LogP contribution in [-0.2, 0) is 12.8 Å². The maximum atomic E-state index is 5.34. The smallest absolute Gasteiger partial charge is 0.100 e. The molecule has 4 aromatic rings. The van der Waals surface area contributed by atoms with Crippen molar-refractivity contribution in [2.45, 2.75) is 64.2 Å². The third kappa shape index (κ3) is 6.35. The first-order valence-electron chi connectivity index (χ1n) is 14.7. The van der Waals surface area contributed by atoms with Crippen molar-refractivity contribution in [3.63, 3.8) is 0 Å². The zero-order valence-corrected chi connectivity index (χ0v) is 24.7. The molecule has 2 nitrogen and oxygen atoms in total. The van der Waals surface area contributed by atoms with Crippen molar-refractivity contribution >= 4 is 45.2 Å². The molecule has 6 rings (SSSR count). The molecule has 4 heterocycles. The molecule has 0 saturated carbocycles. The molecule has 4 heteroatoms. The Hall–Kier alpha value is -3.34. The molecule has 0 amide bonds. The van der Waals surface area contributed by atoms with Gasteiger partial charge in [0.05, 0.1) is 11.4 Å². The van der Waals surface area contributed by atoms with Gasteiger partial charge in [-0.25, -0.2) is 9.98 Å². The summed E-state index contributed by atoms with van der Waals surface area (Å²) in [6, 6.07) is 30.5. The van der Waals surface area contributed by atoms with Gasteiger partial charge in [0.25, 0.3) is 0 Å². The molecule has 2 aliphatic heterocycles. The third-order valence-corrected chi connectivity index (χ3v) is 9.52. The van der Waals surface area contributed by atoms with Crippen LogP contribution in [0, 0.1) is 0 Å². The Labute approximate surface area is 246 Å². The third-order valence-electron chi connectivity index (χ3n) is 7.75. The van der Waals surface area contributed by atoms with E-state index < -0.39 is 0 Å². The van der Waals surface area contributed by atoms with Crippen molar-refractivity contribution in [1.29, 1.82) is 0 Å². The molecular weight excluding hydrogens is 525 g/mol. The quantitative estimate of drug-likeness (QED) is 0.137. The molecule has 0 N–H and O–H groups in total. The summed E-state index contributed by atoms with van der Waals surface area (Å²) in [5.41, 5.74) is 10.1. The lowest BCUT2D eigenvalue weighted by Gasteiger charge is -2.07. The van der Waals surface area contributed by atoms with Crippen LogP contribution >= 0.6 is 22.7 Å². The van der Waals surface area contributed by atoms with E-state index in [-0.39, 0.29) is 0 Å². The lowest BCUT2D eigenvalue weighted by Crippen LogP contribution is -2.08. The van der Waals surface area contributed by atoms with Crippen molar-refractivity contribution in [3.05, 3.63) is 128 Å². The van der Waals surface area contributed by atoms with Gasteiger partial charge < -0.3 is 0 Å². The number of hydrogen-bond donors (Lipinski definition) is 0. The van der Waals surface area contributed by atoms with Crippen molar-refractivity contribution in [2.24, 2.45) is 9.98 Å². The lowest BCUT2D eigenvalue weighted by atomic mass is 9.98. The maximum absolute atomic E-state index is 5.34. The topological polar surface area (TPSA) is 24.7 Å². The Morgan fingerprint density at radius 1 is 0.425 bits per heavy atom. The number of hydrogen-bond acceptors (Lipinski definition) is 4. The maximum Gasteiger partial charge on any atom is 0.100 e. The molecule has 0 fully saturated rings. The molecule has 0 atom stereocenters. The highest BCUT2D eigenvalue weighted by atomic mass is 32.1. The number of fused-ring (bicyclic) bond motifs is 1. The van der Waals surface area contributed by atoms with E-state index in [1.807, 2.05) is 22.7 Å². The van der Waals surface area contributed by atoms with Crippen LogP contribution in [0.1, 0.15) is 72.2 Å². The second kappa shape index (κ2) is 13.3. The first kappa shape index (κ1) is 26.9. The number of aliphatic imine (C=N–C) groups is 2. The molecule has 0 saturated heterocycles. The first-order chi connectivity index (χ1) is 19.9. The zero-order valence-electron chi connectivity index (χ0n) is 23.0. The van der Waals surface area contributed by atoms with E-state index in [1.54, 1.807) is 0 Å². The Kier molecular flexibility index (Phi) is 8.96. The normalized spacial score (nSPS) is 14.6. The molecule has 0 unspecified atom stereocenters.